The average Bonchev–Trinajstić information content (AvgIpc) is 3.05. The highest BCUT2D eigenvalue weighted by atomic mass is 32.2. The van der Waals surface area contributed by atoms with Crippen molar-refractivity contribution in [2.45, 2.75) is 44.6 Å². The molecule has 3 heterocycles. The van der Waals surface area contributed by atoms with Crippen molar-refractivity contribution in [1.82, 2.24) is 24.5 Å². The molecule has 1 aromatic carbocycles. The minimum atomic E-state index is -0.0392. The normalized spacial score (nSPS) is 11.3. The molecule has 3 aromatic heterocycles. The first-order chi connectivity index (χ1) is 15.8. The smallest absolute Gasteiger partial charge is 0.263 e. The number of nitrogens with zero attached hydrogens (tertiary/aromatic N) is 5. The van der Waals surface area contributed by atoms with E-state index in [0.29, 0.717) is 39.5 Å². The summed E-state index contributed by atoms with van der Waals surface area (Å²) in [5.41, 5.74) is 7.63. The molecule has 11 heteroatoms. The van der Waals surface area contributed by atoms with Crippen molar-refractivity contribution >= 4 is 50.9 Å². The van der Waals surface area contributed by atoms with Gasteiger partial charge in [-0.15, -0.1) is 11.3 Å². The Hall–Kier alpha value is -3.18. The average molecular weight is 484 g/mol. The lowest BCUT2D eigenvalue weighted by atomic mass is 10.2. The van der Waals surface area contributed by atoms with E-state index in [1.807, 2.05) is 52.0 Å². The van der Waals surface area contributed by atoms with E-state index in [1.54, 1.807) is 11.7 Å². The van der Waals surface area contributed by atoms with Gasteiger partial charge in [-0.3, -0.25) is 9.36 Å². The van der Waals surface area contributed by atoms with Crippen LogP contribution in [0.25, 0.3) is 10.2 Å². The summed E-state index contributed by atoms with van der Waals surface area (Å²) in [5, 5.41) is 4.45. The second kappa shape index (κ2) is 9.36. The Morgan fingerprint density at radius 1 is 1.18 bits per heavy atom. The van der Waals surface area contributed by atoms with Crippen molar-refractivity contribution < 1.29 is 4.74 Å². The summed E-state index contributed by atoms with van der Waals surface area (Å²) < 4.78 is 7.09. The Morgan fingerprint density at radius 2 is 1.94 bits per heavy atom. The standard InChI is InChI=1S/C22H25N7O2S2/c1-11(2)29-19(30)17-12(3)13(4)33-18(17)27-22(29)32-10-16-25-20(23)28-21(26-16)24-14-8-6-7-9-15(14)31-5/h6-9,11H,10H2,1-5H3,(H3,23,24,25,26,28). The molecule has 0 saturated carbocycles. The first kappa shape index (κ1) is 23.0. The summed E-state index contributed by atoms with van der Waals surface area (Å²) >= 11 is 2.94. The molecule has 0 fully saturated rings. The number of thioether (sulfide) groups is 1. The fourth-order valence-corrected chi connectivity index (χ4v) is 5.45. The minimum absolute atomic E-state index is 0.0203. The molecule has 3 N–H and O–H groups in total. The first-order valence-corrected chi connectivity index (χ1v) is 12.1. The van der Waals surface area contributed by atoms with Gasteiger partial charge in [0.05, 0.1) is 23.9 Å². The molecule has 4 aromatic rings. The summed E-state index contributed by atoms with van der Waals surface area (Å²) in [6, 6.07) is 7.42. The van der Waals surface area contributed by atoms with Gasteiger partial charge in [0, 0.05) is 10.9 Å². The molecule has 0 aliphatic rings. The van der Waals surface area contributed by atoms with Crippen LogP contribution in [-0.4, -0.2) is 31.6 Å². The van der Waals surface area contributed by atoms with E-state index in [2.05, 4.69) is 20.3 Å². The van der Waals surface area contributed by atoms with Crippen LogP contribution in [0.2, 0.25) is 0 Å². The number of aryl methyl sites for hydroxylation is 2. The van der Waals surface area contributed by atoms with E-state index in [1.165, 1.54) is 23.1 Å². The van der Waals surface area contributed by atoms with Crippen molar-refractivity contribution in [2.24, 2.45) is 0 Å². The third-order valence-corrected chi connectivity index (χ3v) is 7.15. The molecule has 9 nitrogen and oxygen atoms in total. The summed E-state index contributed by atoms with van der Waals surface area (Å²) in [7, 11) is 1.60. The number of nitrogens with two attached hydrogens (primary N) is 1. The van der Waals surface area contributed by atoms with E-state index in [-0.39, 0.29) is 17.5 Å². The zero-order valence-electron chi connectivity index (χ0n) is 19.0. The van der Waals surface area contributed by atoms with Crippen LogP contribution in [0.1, 0.15) is 36.2 Å². The number of nitrogens with one attached hydrogen (secondary N) is 1. The van der Waals surface area contributed by atoms with Gasteiger partial charge in [-0.25, -0.2) is 4.98 Å². The molecule has 0 bridgehead atoms. The fraction of sp³-hybridized carbons (Fsp3) is 0.318. The highest BCUT2D eigenvalue weighted by Crippen LogP contribution is 2.31. The Balaban J connectivity index is 1.64. The molecule has 0 radical (unpaired) electrons. The largest absolute Gasteiger partial charge is 0.495 e. The molecule has 0 amide bonds. The van der Waals surface area contributed by atoms with Crippen LogP contribution in [0.15, 0.2) is 34.2 Å². The van der Waals surface area contributed by atoms with Gasteiger partial charge in [0.1, 0.15) is 16.4 Å². The molecule has 33 heavy (non-hydrogen) atoms. The van der Waals surface area contributed by atoms with Gasteiger partial charge < -0.3 is 15.8 Å². The number of aromatic nitrogens is 5. The van der Waals surface area contributed by atoms with Gasteiger partial charge in [0.25, 0.3) is 5.56 Å². The number of anilines is 3. The van der Waals surface area contributed by atoms with Crippen molar-refractivity contribution in [1.29, 1.82) is 0 Å². The van der Waals surface area contributed by atoms with Crippen LogP contribution in [0.5, 0.6) is 5.75 Å². The Bertz CT molecular complexity index is 1380. The topological polar surface area (TPSA) is 121 Å². The molecule has 0 unspecified atom stereocenters. The van der Waals surface area contributed by atoms with Crippen LogP contribution in [-0.2, 0) is 5.75 Å². The lowest BCUT2D eigenvalue weighted by Crippen LogP contribution is -2.25. The highest BCUT2D eigenvalue weighted by Gasteiger charge is 2.19. The second-order valence-electron chi connectivity index (χ2n) is 7.67. The number of rotatable bonds is 7. The van der Waals surface area contributed by atoms with Crippen LogP contribution >= 0.6 is 23.1 Å². The van der Waals surface area contributed by atoms with E-state index in [4.69, 9.17) is 15.5 Å². The van der Waals surface area contributed by atoms with E-state index < -0.39 is 0 Å². The van der Waals surface area contributed by atoms with Gasteiger partial charge in [0.2, 0.25) is 11.9 Å². The van der Waals surface area contributed by atoms with Crippen LogP contribution < -0.4 is 21.3 Å². The summed E-state index contributed by atoms with van der Waals surface area (Å²) in [4.78, 5) is 32.8. The number of thiophene rings is 1. The number of benzene rings is 1. The maximum atomic E-state index is 13.2. The van der Waals surface area contributed by atoms with Crippen LogP contribution in [0.4, 0.5) is 17.6 Å². The Morgan fingerprint density at radius 3 is 2.67 bits per heavy atom. The SMILES string of the molecule is COc1ccccc1Nc1nc(N)nc(CSc2nc3sc(C)c(C)c3c(=O)n2C(C)C)n1. The Kier molecular flexibility index (Phi) is 6.52. The predicted molar refractivity (Wildman–Crippen MR) is 134 cm³/mol. The van der Waals surface area contributed by atoms with Crippen LogP contribution in [0, 0.1) is 13.8 Å². The molecule has 0 atom stereocenters. The number of fused-ring (bicyclic) bond motifs is 1. The van der Waals surface area contributed by atoms with Gasteiger partial charge >= 0.3 is 0 Å². The number of hydrogen-bond donors (Lipinski definition) is 2. The predicted octanol–water partition coefficient (Wildman–Crippen LogP) is 4.47. The maximum absolute atomic E-state index is 13.2. The molecular formula is C22H25N7O2S2. The number of para-hydroxylation sites is 2. The molecule has 0 spiro atoms. The highest BCUT2D eigenvalue weighted by molar-refractivity contribution is 7.98. The van der Waals surface area contributed by atoms with E-state index >= 15 is 0 Å². The number of nitrogen functional groups attached to an aromatic ring is 1. The summed E-state index contributed by atoms with van der Waals surface area (Å²) in [6.07, 6.45) is 0. The summed E-state index contributed by atoms with van der Waals surface area (Å²) in [6.45, 7) is 7.93. The van der Waals surface area contributed by atoms with Crippen molar-refractivity contribution in [3.63, 3.8) is 0 Å². The summed E-state index contributed by atoms with van der Waals surface area (Å²) in [5.74, 6) is 1.94. The third-order valence-electron chi connectivity index (χ3n) is 5.10. The van der Waals surface area contributed by atoms with Crippen molar-refractivity contribution in [2.75, 3.05) is 18.2 Å². The fourth-order valence-electron chi connectivity index (χ4n) is 3.40. The quantitative estimate of drug-likeness (QED) is 0.290. The second-order valence-corrected chi connectivity index (χ2v) is 9.82. The number of methoxy groups -OCH3 is 1. The Labute approximate surface area is 199 Å². The van der Waals surface area contributed by atoms with Gasteiger partial charge in [-0.05, 0) is 45.4 Å². The maximum Gasteiger partial charge on any atom is 0.263 e. The van der Waals surface area contributed by atoms with E-state index in [9.17, 15) is 4.79 Å². The molecule has 0 saturated heterocycles. The van der Waals surface area contributed by atoms with Gasteiger partial charge in [-0.1, -0.05) is 23.9 Å². The van der Waals surface area contributed by atoms with Crippen molar-refractivity contribution in [3.05, 3.63) is 50.9 Å². The number of ether oxygens (including phenoxy) is 1. The van der Waals surface area contributed by atoms with Gasteiger partial charge in [0.15, 0.2) is 5.16 Å². The van der Waals surface area contributed by atoms with Crippen LogP contribution in [0.3, 0.4) is 0 Å². The molecule has 0 aliphatic carbocycles. The minimum Gasteiger partial charge on any atom is -0.495 e. The zero-order valence-corrected chi connectivity index (χ0v) is 20.7. The lowest BCUT2D eigenvalue weighted by molar-refractivity contribution is 0.417. The first-order valence-electron chi connectivity index (χ1n) is 10.3. The van der Waals surface area contributed by atoms with E-state index in [0.717, 1.165) is 15.3 Å². The molecule has 172 valence electrons. The third kappa shape index (κ3) is 4.64. The zero-order chi connectivity index (χ0) is 23.7. The lowest BCUT2D eigenvalue weighted by Gasteiger charge is -2.15. The molecular weight excluding hydrogens is 458 g/mol. The molecule has 4 rings (SSSR count). The molecule has 0 aliphatic heterocycles. The monoisotopic (exact) mass is 483 g/mol. The van der Waals surface area contributed by atoms with Gasteiger partial charge in [-0.2, -0.15) is 15.0 Å². The van der Waals surface area contributed by atoms with Crippen molar-refractivity contribution in [3.8, 4) is 5.75 Å². The number of hydrogen-bond acceptors (Lipinski definition) is 10.